The zero-order valence-electron chi connectivity index (χ0n) is 30.3. The Kier molecular flexibility index (Phi) is 7.42. The molecule has 3 heterocycles. The van der Waals surface area contributed by atoms with E-state index < -0.39 is 0 Å². The fourth-order valence-electron chi connectivity index (χ4n) is 8.24. The van der Waals surface area contributed by atoms with E-state index in [4.69, 9.17) is 15.0 Å². The predicted molar refractivity (Wildman–Crippen MR) is 230 cm³/mol. The Morgan fingerprint density at radius 1 is 0.286 bits per heavy atom. The lowest BCUT2D eigenvalue weighted by molar-refractivity contribution is 1.07. The van der Waals surface area contributed by atoms with Crippen molar-refractivity contribution in [3.8, 4) is 56.7 Å². The van der Waals surface area contributed by atoms with E-state index in [1.807, 2.05) is 60.7 Å². The van der Waals surface area contributed by atoms with Gasteiger partial charge in [0, 0.05) is 49.6 Å². The molecule has 0 spiro atoms. The first kappa shape index (κ1) is 31.9. The topological polar surface area (TPSA) is 48.5 Å². The highest BCUT2D eigenvalue weighted by Crippen LogP contribution is 2.41. The van der Waals surface area contributed by atoms with E-state index in [9.17, 15) is 0 Å². The van der Waals surface area contributed by atoms with Gasteiger partial charge in [0.05, 0.1) is 22.1 Å². The highest BCUT2D eigenvalue weighted by Gasteiger charge is 2.20. The van der Waals surface area contributed by atoms with Gasteiger partial charge in [-0.15, -0.1) is 0 Å². The van der Waals surface area contributed by atoms with Crippen LogP contribution in [0.3, 0.4) is 0 Å². The maximum Gasteiger partial charge on any atom is 0.164 e. The van der Waals surface area contributed by atoms with Gasteiger partial charge in [-0.3, -0.25) is 0 Å². The molecule has 8 aromatic carbocycles. The predicted octanol–water partition coefficient (Wildman–Crippen LogP) is 12.7. The minimum Gasteiger partial charge on any atom is -0.309 e. The summed E-state index contributed by atoms with van der Waals surface area (Å²) >= 11 is 0. The van der Waals surface area contributed by atoms with E-state index in [1.165, 1.54) is 38.3 Å². The molecule has 11 rings (SSSR count). The molecule has 0 aliphatic carbocycles. The van der Waals surface area contributed by atoms with Gasteiger partial charge in [0.15, 0.2) is 17.5 Å². The zero-order chi connectivity index (χ0) is 37.0. The molecule has 11 aromatic rings. The van der Waals surface area contributed by atoms with Gasteiger partial charge in [-0.25, -0.2) is 15.0 Å². The van der Waals surface area contributed by atoms with Crippen molar-refractivity contribution in [2.45, 2.75) is 0 Å². The monoisotopic (exact) mass is 715 g/mol. The third-order valence-electron chi connectivity index (χ3n) is 10.8. The van der Waals surface area contributed by atoms with E-state index in [1.54, 1.807) is 0 Å². The van der Waals surface area contributed by atoms with E-state index >= 15 is 0 Å². The van der Waals surface area contributed by atoms with Gasteiger partial charge in [0.1, 0.15) is 0 Å². The normalized spacial score (nSPS) is 11.6. The molecule has 3 aromatic heterocycles. The molecular weight excluding hydrogens is 683 g/mol. The summed E-state index contributed by atoms with van der Waals surface area (Å²) in [7, 11) is 0. The molecule has 0 saturated heterocycles. The molecule has 56 heavy (non-hydrogen) atoms. The minimum atomic E-state index is 0.631. The van der Waals surface area contributed by atoms with Crippen LogP contribution in [-0.4, -0.2) is 24.1 Å². The summed E-state index contributed by atoms with van der Waals surface area (Å²) < 4.78 is 4.74. The van der Waals surface area contributed by atoms with Crippen molar-refractivity contribution in [2.75, 3.05) is 0 Å². The molecule has 5 heteroatoms. The SMILES string of the molecule is c1ccc(-c2nc(-c3ccccc3)nc(-c3ccc4c5cc(-c6cccc7c6c6ccccc6n7-c6ccccc6)ccc5n(-c5ccccc5)c4c3)n2)cc1. The average molecular weight is 716 g/mol. The van der Waals surface area contributed by atoms with Gasteiger partial charge in [-0.05, 0) is 65.7 Å². The molecule has 0 bridgehead atoms. The second-order valence-electron chi connectivity index (χ2n) is 14.1. The van der Waals surface area contributed by atoms with Crippen molar-refractivity contribution >= 4 is 43.6 Å². The number of fused-ring (bicyclic) bond motifs is 6. The van der Waals surface area contributed by atoms with Gasteiger partial charge >= 0.3 is 0 Å². The second-order valence-corrected chi connectivity index (χ2v) is 14.1. The highest BCUT2D eigenvalue weighted by atomic mass is 15.0. The van der Waals surface area contributed by atoms with Gasteiger partial charge < -0.3 is 9.13 Å². The lowest BCUT2D eigenvalue weighted by atomic mass is 9.97. The molecule has 0 fully saturated rings. The summed E-state index contributed by atoms with van der Waals surface area (Å²) in [5.41, 5.74) is 12.0. The number of hydrogen-bond acceptors (Lipinski definition) is 3. The second kappa shape index (κ2) is 13.0. The summed E-state index contributed by atoms with van der Waals surface area (Å²) in [6, 6.07) is 70.4. The third-order valence-corrected chi connectivity index (χ3v) is 10.8. The van der Waals surface area contributed by atoms with Crippen LogP contribution in [0.2, 0.25) is 0 Å². The molecule has 262 valence electrons. The maximum atomic E-state index is 5.06. The smallest absolute Gasteiger partial charge is 0.164 e. The molecule has 0 aliphatic rings. The molecule has 5 nitrogen and oxygen atoms in total. The summed E-state index contributed by atoms with van der Waals surface area (Å²) in [5, 5.41) is 4.83. The van der Waals surface area contributed by atoms with Gasteiger partial charge in [-0.1, -0.05) is 146 Å². The van der Waals surface area contributed by atoms with Crippen LogP contribution in [0.15, 0.2) is 200 Å². The largest absolute Gasteiger partial charge is 0.309 e. The zero-order valence-corrected chi connectivity index (χ0v) is 30.3. The van der Waals surface area contributed by atoms with Crippen LogP contribution in [0.5, 0.6) is 0 Å². The lowest BCUT2D eigenvalue weighted by Gasteiger charge is -2.10. The van der Waals surface area contributed by atoms with Crippen LogP contribution < -0.4 is 0 Å². The molecular formula is C51H33N5. The van der Waals surface area contributed by atoms with Crippen molar-refractivity contribution in [3.63, 3.8) is 0 Å². The van der Waals surface area contributed by atoms with E-state index in [2.05, 4.69) is 149 Å². The molecule has 0 atom stereocenters. The molecule has 0 aliphatic heterocycles. The molecule has 0 unspecified atom stereocenters. The third kappa shape index (κ3) is 5.21. The van der Waals surface area contributed by atoms with E-state index in [-0.39, 0.29) is 0 Å². The minimum absolute atomic E-state index is 0.631. The Hall–Kier alpha value is -7.63. The molecule has 0 amide bonds. The fourth-order valence-corrected chi connectivity index (χ4v) is 8.24. The van der Waals surface area contributed by atoms with Crippen LogP contribution in [-0.2, 0) is 0 Å². The number of aromatic nitrogens is 5. The van der Waals surface area contributed by atoms with E-state index in [0.29, 0.717) is 17.5 Å². The number of benzene rings is 8. The Bertz CT molecular complexity index is 3160. The van der Waals surface area contributed by atoms with Crippen molar-refractivity contribution in [1.82, 2.24) is 24.1 Å². The van der Waals surface area contributed by atoms with Crippen molar-refractivity contribution in [2.24, 2.45) is 0 Å². The lowest BCUT2D eigenvalue weighted by Crippen LogP contribution is -2.00. The summed E-state index contributed by atoms with van der Waals surface area (Å²) in [4.78, 5) is 15.1. The summed E-state index contributed by atoms with van der Waals surface area (Å²) in [6.45, 7) is 0. The number of hydrogen-bond donors (Lipinski definition) is 0. The summed E-state index contributed by atoms with van der Waals surface area (Å²) in [5.74, 6) is 1.92. The maximum absolute atomic E-state index is 5.06. The first-order valence-electron chi connectivity index (χ1n) is 18.9. The first-order valence-corrected chi connectivity index (χ1v) is 18.9. The highest BCUT2D eigenvalue weighted by molar-refractivity contribution is 6.17. The van der Waals surface area contributed by atoms with Gasteiger partial charge in [-0.2, -0.15) is 0 Å². The van der Waals surface area contributed by atoms with Crippen LogP contribution >= 0.6 is 0 Å². The number of nitrogens with zero attached hydrogens (tertiary/aromatic N) is 5. The number of rotatable bonds is 6. The Balaban J connectivity index is 1.13. The van der Waals surface area contributed by atoms with Crippen LogP contribution in [0.4, 0.5) is 0 Å². The average Bonchev–Trinajstić information content (AvgIpc) is 3.80. The Morgan fingerprint density at radius 3 is 1.43 bits per heavy atom. The van der Waals surface area contributed by atoms with Gasteiger partial charge in [0.2, 0.25) is 0 Å². The molecule has 0 saturated carbocycles. The standard InChI is InChI=1S/C51H33N5/c1-5-16-34(17-6-1)49-52-50(35-18-7-2-8-19-35)54-51(53-49)37-28-30-41-43-32-36(29-31-45(43)56(47(41)33-37)39-22-11-4-12-23-39)40-25-15-27-46-48(40)42-24-13-14-26-44(42)55(46)38-20-9-3-10-21-38/h1-33H. The van der Waals surface area contributed by atoms with Crippen molar-refractivity contribution in [1.29, 1.82) is 0 Å². The molecule has 0 N–H and O–H groups in total. The fraction of sp³-hybridized carbons (Fsp3) is 0. The Labute approximate surface area is 323 Å². The van der Waals surface area contributed by atoms with Crippen LogP contribution in [0, 0.1) is 0 Å². The van der Waals surface area contributed by atoms with Crippen molar-refractivity contribution < 1.29 is 0 Å². The molecule has 0 radical (unpaired) electrons. The summed E-state index contributed by atoms with van der Waals surface area (Å²) in [6.07, 6.45) is 0. The van der Waals surface area contributed by atoms with Crippen molar-refractivity contribution in [3.05, 3.63) is 200 Å². The first-order chi connectivity index (χ1) is 27.8. The quantitative estimate of drug-likeness (QED) is 0.172. The number of para-hydroxylation sites is 3. The van der Waals surface area contributed by atoms with E-state index in [0.717, 1.165) is 44.5 Å². The van der Waals surface area contributed by atoms with Gasteiger partial charge in [0.25, 0.3) is 0 Å². The van der Waals surface area contributed by atoms with Crippen LogP contribution in [0.1, 0.15) is 0 Å². The van der Waals surface area contributed by atoms with Crippen LogP contribution in [0.25, 0.3) is 100 Å². The Morgan fingerprint density at radius 2 is 0.786 bits per heavy atom.